The summed E-state index contributed by atoms with van der Waals surface area (Å²) in [5, 5.41) is 3.38. The number of benzene rings is 3. The number of hydrogen-bond donors (Lipinski definition) is 1. The van der Waals surface area contributed by atoms with Crippen LogP contribution in [0.1, 0.15) is 42.5 Å². The summed E-state index contributed by atoms with van der Waals surface area (Å²) in [6, 6.07) is 16.9. The molecule has 2 aliphatic rings. The number of anilines is 1. The fourth-order valence-corrected chi connectivity index (χ4v) is 6.51. The first kappa shape index (κ1) is 25.4. The topological polar surface area (TPSA) is 84.9 Å². The molecule has 1 amide bonds. The Bertz CT molecular complexity index is 1420. The molecule has 7 nitrogen and oxygen atoms in total. The van der Waals surface area contributed by atoms with Crippen LogP contribution >= 0.6 is 11.6 Å². The van der Waals surface area contributed by atoms with Gasteiger partial charge in [-0.1, -0.05) is 29.8 Å². The highest BCUT2D eigenvalue weighted by Gasteiger charge is 2.38. The zero-order valence-corrected chi connectivity index (χ0v) is 22.3. The molecule has 1 aliphatic carbocycles. The van der Waals surface area contributed by atoms with E-state index in [4.69, 9.17) is 21.1 Å². The van der Waals surface area contributed by atoms with E-state index in [9.17, 15) is 13.2 Å². The lowest BCUT2D eigenvalue weighted by Gasteiger charge is -2.35. The maximum absolute atomic E-state index is 13.7. The summed E-state index contributed by atoms with van der Waals surface area (Å²) in [5.74, 6) is 0.424. The average Bonchev–Trinajstić information content (AvgIpc) is 2.92. The van der Waals surface area contributed by atoms with Crippen LogP contribution in [0.5, 0.6) is 11.5 Å². The van der Waals surface area contributed by atoms with Crippen LogP contribution in [0.3, 0.4) is 0 Å². The lowest BCUT2D eigenvalue weighted by Crippen LogP contribution is -2.51. The van der Waals surface area contributed by atoms with E-state index >= 15 is 0 Å². The van der Waals surface area contributed by atoms with Crippen molar-refractivity contribution >= 4 is 33.2 Å². The fourth-order valence-electron chi connectivity index (χ4n) is 4.88. The molecule has 0 spiro atoms. The van der Waals surface area contributed by atoms with Crippen LogP contribution in [-0.4, -0.2) is 34.1 Å². The second-order valence-electron chi connectivity index (χ2n) is 9.40. The number of ether oxygens (including phenoxy) is 2. The van der Waals surface area contributed by atoms with E-state index in [1.54, 1.807) is 24.3 Å². The van der Waals surface area contributed by atoms with Gasteiger partial charge in [0.15, 0.2) is 6.10 Å². The fraction of sp³-hybridized carbons (Fsp3) is 0.321. The minimum Gasteiger partial charge on any atom is -0.497 e. The largest absolute Gasteiger partial charge is 0.497 e. The standard InChI is InChI=1S/C28H29ClN2O5S/c1-18(20-8-7-19-5-3-4-6-21(19)15-20)30-28(32)27-17-31(25-16-22(29)9-14-26(25)36-27)37(33,34)24-12-10-23(35-2)11-13-24/h7-16,18,27H,3-6,17H2,1-2H3,(H,30,32). The molecule has 3 aromatic rings. The molecule has 0 bridgehead atoms. The maximum Gasteiger partial charge on any atom is 0.264 e. The van der Waals surface area contributed by atoms with Crippen molar-refractivity contribution in [2.45, 2.75) is 49.6 Å². The second-order valence-corrected chi connectivity index (χ2v) is 11.7. The van der Waals surface area contributed by atoms with Gasteiger partial charge in [-0.05, 0) is 91.8 Å². The molecule has 0 aromatic heterocycles. The number of carbonyl (C=O) groups excluding carboxylic acids is 1. The van der Waals surface area contributed by atoms with Gasteiger partial charge in [-0.25, -0.2) is 8.42 Å². The van der Waals surface area contributed by atoms with Crippen LogP contribution in [0.2, 0.25) is 5.02 Å². The molecule has 1 N–H and O–H groups in total. The Balaban J connectivity index is 1.40. The molecular weight excluding hydrogens is 512 g/mol. The monoisotopic (exact) mass is 540 g/mol. The van der Waals surface area contributed by atoms with Crippen molar-refractivity contribution in [2.24, 2.45) is 0 Å². The molecule has 2 unspecified atom stereocenters. The summed E-state index contributed by atoms with van der Waals surface area (Å²) in [6.07, 6.45) is 3.48. The number of aryl methyl sites for hydroxylation is 2. The lowest BCUT2D eigenvalue weighted by molar-refractivity contribution is -0.128. The molecule has 1 aliphatic heterocycles. The smallest absolute Gasteiger partial charge is 0.264 e. The van der Waals surface area contributed by atoms with E-state index in [0.717, 1.165) is 18.4 Å². The van der Waals surface area contributed by atoms with Crippen LogP contribution in [0, 0.1) is 0 Å². The summed E-state index contributed by atoms with van der Waals surface area (Å²) in [6.45, 7) is 1.73. The predicted octanol–water partition coefficient (Wildman–Crippen LogP) is 5.06. The SMILES string of the molecule is COc1ccc(S(=O)(=O)N2CC(C(=O)NC(C)c3ccc4c(c3)CCCC4)Oc3ccc(Cl)cc32)cc1. The third kappa shape index (κ3) is 5.13. The van der Waals surface area contributed by atoms with Gasteiger partial charge in [-0.2, -0.15) is 0 Å². The van der Waals surface area contributed by atoms with Gasteiger partial charge in [-0.15, -0.1) is 0 Å². The van der Waals surface area contributed by atoms with Crippen molar-refractivity contribution in [3.05, 3.63) is 82.4 Å². The Kier molecular flexibility index (Phi) is 7.05. The van der Waals surface area contributed by atoms with Gasteiger partial charge in [0.2, 0.25) is 0 Å². The Morgan fingerprint density at radius 3 is 2.51 bits per heavy atom. The highest BCUT2D eigenvalue weighted by molar-refractivity contribution is 7.92. The summed E-state index contributed by atoms with van der Waals surface area (Å²) in [5.41, 5.74) is 4.01. The maximum atomic E-state index is 13.7. The minimum atomic E-state index is -4.02. The van der Waals surface area contributed by atoms with Crippen molar-refractivity contribution < 1.29 is 22.7 Å². The average molecular weight is 541 g/mol. The molecular formula is C28H29ClN2O5S. The summed E-state index contributed by atoms with van der Waals surface area (Å²) in [7, 11) is -2.50. The number of halogens is 1. The Hall–Kier alpha value is -3.23. The van der Waals surface area contributed by atoms with Crippen molar-refractivity contribution in [1.82, 2.24) is 5.32 Å². The van der Waals surface area contributed by atoms with E-state index in [1.165, 1.54) is 53.6 Å². The molecule has 0 radical (unpaired) electrons. The quantitative estimate of drug-likeness (QED) is 0.472. The van der Waals surface area contributed by atoms with Gasteiger partial charge in [0.05, 0.1) is 30.3 Å². The highest BCUT2D eigenvalue weighted by atomic mass is 35.5. The van der Waals surface area contributed by atoms with E-state index < -0.39 is 16.1 Å². The second kappa shape index (κ2) is 10.3. The third-order valence-electron chi connectivity index (χ3n) is 6.96. The molecule has 9 heteroatoms. The van der Waals surface area contributed by atoms with Crippen molar-refractivity contribution in [1.29, 1.82) is 0 Å². The first-order chi connectivity index (χ1) is 17.8. The zero-order valence-electron chi connectivity index (χ0n) is 20.7. The Morgan fingerprint density at radius 2 is 1.78 bits per heavy atom. The number of amides is 1. The van der Waals surface area contributed by atoms with E-state index in [0.29, 0.717) is 10.8 Å². The Labute approximate surface area is 222 Å². The van der Waals surface area contributed by atoms with Crippen LogP contribution < -0.4 is 19.1 Å². The molecule has 3 aromatic carbocycles. The van der Waals surface area contributed by atoms with Gasteiger partial charge in [-0.3, -0.25) is 9.10 Å². The minimum absolute atomic E-state index is 0.0720. The number of carbonyl (C=O) groups is 1. The normalized spacial score (nSPS) is 17.7. The first-order valence-electron chi connectivity index (χ1n) is 12.3. The number of rotatable bonds is 6. The molecule has 1 heterocycles. The number of nitrogens with one attached hydrogen (secondary N) is 1. The van der Waals surface area contributed by atoms with Gasteiger partial charge < -0.3 is 14.8 Å². The van der Waals surface area contributed by atoms with Crippen molar-refractivity contribution in [3.63, 3.8) is 0 Å². The van der Waals surface area contributed by atoms with E-state index in [1.807, 2.05) is 6.92 Å². The van der Waals surface area contributed by atoms with Gasteiger partial charge in [0.25, 0.3) is 15.9 Å². The van der Waals surface area contributed by atoms with Gasteiger partial charge in [0, 0.05) is 5.02 Å². The van der Waals surface area contributed by atoms with E-state index in [2.05, 4.69) is 23.5 Å². The number of sulfonamides is 1. The molecule has 0 saturated carbocycles. The molecule has 2 atom stereocenters. The van der Waals surface area contributed by atoms with Crippen LogP contribution in [0.4, 0.5) is 5.69 Å². The lowest BCUT2D eigenvalue weighted by atomic mass is 9.89. The Morgan fingerprint density at radius 1 is 1.05 bits per heavy atom. The summed E-state index contributed by atoms with van der Waals surface area (Å²) >= 11 is 6.19. The zero-order chi connectivity index (χ0) is 26.2. The predicted molar refractivity (Wildman–Crippen MR) is 143 cm³/mol. The van der Waals surface area contributed by atoms with Crippen LogP contribution in [0.15, 0.2) is 65.6 Å². The molecule has 0 saturated heterocycles. The molecule has 194 valence electrons. The van der Waals surface area contributed by atoms with E-state index in [-0.39, 0.29) is 34.8 Å². The molecule has 0 fully saturated rings. The molecule has 37 heavy (non-hydrogen) atoms. The van der Waals surface area contributed by atoms with Crippen molar-refractivity contribution in [3.8, 4) is 11.5 Å². The van der Waals surface area contributed by atoms with Crippen LogP contribution in [0.25, 0.3) is 0 Å². The summed E-state index contributed by atoms with van der Waals surface area (Å²) < 4.78 is 39.6. The third-order valence-corrected chi connectivity index (χ3v) is 8.99. The van der Waals surface area contributed by atoms with Gasteiger partial charge in [0.1, 0.15) is 11.5 Å². The number of methoxy groups -OCH3 is 1. The molecule has 5 rings (SSSR count). The van der Waals surface area contributed by atoms with Crippen molar-refractivity contribution in [2.75, 3.05) is 18.0 Å². The number of fused-ring (bicyclic) bond motifs is 2. The first-order valence-corrected chi connectivity index (χ1v) is 14.1. The van der Waals surface area contributed by atoms with Gasteiger partial charge >= 0.3 is 0 Å². The number of hydrogen-bond acceptors (Lipinski definition) is 5. The van der Waals surface area contributed by atoms with Crippen LogP contribution in [-0.2, 0) is 27.7 Å². The number of nitrogens with zero attached hydrogens (tertiary/aromatic N) is 1. The summed E-state index contributed by atoms with van der Waals surface area (Å²) in [4.78, 5) is 13.4. The highest BCUT2D eigenvalue weighted by Crippen LogP contribution is 2.39.